The molecule has 0 bridgehead atoms. The summed E-state index contributed by atoms with van der Waals surface area (Å²) in [6, 6.07) is 0. The highest BCUT2D eigenvalue weighted by Gasteiger charge is 2.69. The molecule has 1 heterocycles. The Morgan fingerprint density at radius 3 is 2.39 bits per heavy atom. The van der Waals surface area contributed by atoms with Gasteiger partial charge in [-0.05, 0) is 84.5 Å². The van der Waals surface area contributed by atoms with Crippen LogP contribution in [0.4, 0.5) is 0 Å². The maximum Gasteiger partial charge on any atom is 0.335 e. The van der Waals surface area contributed by atoms with E-state index in [-0.39, 0.29) is 28.9 Å². The van der Waals surface area contributed by atoms with E-state index in [2.05, 4.69) is 34.6 Å². The summed E-state index contributed by atoms with van der Waals surface area (Å²) < 4.78 is 11.6. The number of cyclic esters (lactones) is 1. The minimum atomic E-state index is -0.439. The Balaban J connectivity index is 1.64. The quantitative estimate of drug-likeness (QED) is 0.492. The number of hydrogen-bond donors (Lipinski definition) is 0. The highest BCUT2D eigenvalue weighted by Crippen LogP contribution is 2.73. The van der Waals surface area contributed by atoms with Crippen LogP contribution >= 0.6 is 0 Å². The van der Waals surface area contributed by atoms with Crippen LogP contribution in [0.15, 0.2) is 11.1 Å². The maximum absolute atomic E-state index is 12.9. The summed E-state index contributed by atoms with van der Waals surface area (Å²) in [5.74, 6) is 1.17. The molecule has 0 aromatic carbocycles. The first-order valence-corrected chi connectivity index (χ1v) is 12.5. The van der Waals surface area contributed by atoms with Gasteiger partial charge in [-0.15, -0.1) is 0 Å². The Kier molecular flexibility index (Phi) is 4.59. The molecule has 4 heteroatoms. The number of esters is 2. The summed E-state index contributed by atoms with van der Waals surface area (Å²) in [6.07, 6.45) is 9.00. The van der Waals surface area contributed by atoms with Crippen molar-refractivity contribution in [2.24, 2.45) is 39.4 Å². The lowest BCUT2D eigenvalue weighted by Gasteiger charge is -2.70. The molecule has 31 heavy (non-hydrogen) atoms. The lowest BCUT2D eigenvalue weighted by atomic mass is 9.35. The van der Waals surface area contributed by atoms with Gasteiger partial charge in [0.15, 0.2) is 0 Å². The number of ether oxygens (including phenoxy) is 2. The van der Waals surface area contributed by atoms with Gasteiger partial charge in [-0.1, -0.05) is 41.0 Å². The molecule has 0 aromatic heterocycles. The normalized spacial score (nSPS) is 48.1. The van der Waals surface area contributed by atoms with Gasteiger partial charge < -0.3 is 9.47 Å². The van der Waals surface area contributed by atoms with E-state index in [4.69, 9.17) is 9.47 Å². The molecule has 0 aromatic rings. The van der Waals surface area contributed by atoms with Crippen LogP contribution in [0.2, 0.25) is 0 Å². The van der Waals surface area contributed by atoms with Gasteiger partial charge in [0.1, 0.15) is 12.7 Å². The van der Waals surface area contributed by atoms with Crippen molar-refractivity contribution in [1.29, 1.82) is 0 Å². The van der Waals surface area contributed by atoms with E-state index in [0.29, 0.717) is 29.8 Å². The fourth-order valence-electron chi connectivity index (χ4n) is 9.90. The third-order valence-electron chi connectivity index (χ3n) is 11.0. The molecule has 3 saturated carbocycles. The second-order valence-electron chi connectivity index (χ2n) is 12.8. The number of carbonyl (C=O) groups excluding carboxylic acids is 2. The van der Waals surface area contributed by atoms with E-state index < -0.39 is 5.41 Å². The van der Waals surface area contributed by atoms with Gasteiger partial charge in [-0.2, -0.15) is 0 Å². The minimum Gasteiger partial charge on any atom is -0.462 e. The highest BCUT2D eigenvalue weighted by atomic mass is 16.5. The molecule has 0 N–H and O–H groups in total. The second-order valence-corrected chi connectivity index (χ2v) is 12.8. The minimum absolute atomic E-state index is 0.158. The first kappa shape index (κ1) is 21.5. The smallest absolute Gasteiger partial charge is 0.335 e. The van der Waals surface area contributed by atoms with E-state index in [1.165, 1.54) is 39.0 Å². The van der Waals surface area contributed by atoms with Crippen molar-refractivity contribution in [2.75, 3.05) is 6.61 Å². The van der Waals surface area contributed by atoms with Crippen LogP contribution in [-0.4, -0.2) is 24.6 Å². The lowest BCUT2D eigenvalue weighted by molar-refractivity contribution is -0.225. The number of rotatable bonds is 1. The highest BCUT2D eigenvalue weighted by molar-refractivity contribution is 5.94. The zero-order valence-corrected chi connectivity index (χ0v) is 20.3. The molecule has 5 rings (SSSR count). The SMILES string of the molecule is CC(=O)O[C@@H]1CC2[C@@]3(C)CCCC(C)(C)C3CC[C@@]2(C)C2CCC3=C(C(=O)OC3)[C@]21C. The lowest BCUT2D eigenvalue weighted by Crippen LogP contribution is -2.66. The molecular formula is C27H40O4. The maximum atomic E-state index is 12.9. The Labute approximate surface area is 187 Å². The number of fused-ring (bicyclic) bond motifs is 6. The van der Waals surface area contributed by atoms with Crippen LogP contribution in [-0.2, 0) is 19.1 Å². The molecule has 0 spiro atoms. The van der Waals surface area contributed by atoms with Crippen molar-refractivity contribution in [2.45, 2.75) is 99.0 Å². The fourth-order valence-corrected chi connectivity index (χ4v) is 9.90. The van der Waals surface area contributed by atoms with Crippen molar-refractivity contribution < 1.29 is 19.1 Å². The standard InChI is InChI=1S/C27H40O4/c1-16(28)31-21-14-20-25(4)12-7-11-24(2,3)18(25)10-13-26(20,5)19-9-8-17-15-30-23(29)22(17)27(19,21)6/h18-21H,7-15H2,1-6H3/t18?,19?,20?,21-,25+,26+,27-/m1/s1. The molecule has 0 saturated heterocycles. The van der Waals surface area contributed by atoms with Gasteiger partial charge in [0.2, 0.25) is 0 Å². The largest absolute Gasteiger partial charge is 0.462 e. The molecule has 3 unspecified atom stereocenters. The molecule has 7 atom stereocenters. The predicted octanol–water partition coefficient (Wildman–Crippen LogP) is 5.84. The van der Waals surface area contributed by atoms with E-state index >= 15 is 0 Å². The molecule has 5 aliphatic rings. The first-order valence-electron chi connectivity index (χ1n) is 12.5. The fraction of sp³-hybridized carbons (Fsp3) is 0.852. The summed E-state index contributed by atoms with van der Waals surface area (Å²) in [4.78, 5) is 25.2. The Hall–Kier alpha value is -1.32. The topological polar surface area (TPSA) is 52.6 Å². The van der Waals surface area contributed by atoms with Crippen molar-refractivity contribution in [1.82, 2.24) is 0 Å². The third-order valence-corrected chi connectivity index (χ3v) is 11.0. The van der Waals surface area contributed by atoms with Crippen LogP contribution < -0.4 is 0 Å². The van der Waals surface area contributed by atoms with Crippen LogP contribution in [0.25, 0.3) is 0 Å². The average Bonchev–Trinajstić information content (AvgIpc) is 3.04. The van der Waals surface area contributed by atoms with E-state index in [0.717, 1.165) is 30.4 Å². The van der Waals surface area contributed by atoms with E-state index in [1.54, 1.807) is 0 Å². The summed E-state index contributed by atoms with van der Waals surface area (Å²) in [6.45, 7) is 14.2. The van der Waals surface area contributed by atoms with E-state index in [1.807, 2.05) is 0 Å². The van der Waals surface area contributed by atoms with Crippen molar-refractivity contribution in [3.8, 4) is 0 Å². The van der Waals surface area contributed by atoms with Crippen LogP contribution in [0.1, 0.15) is 92.9 Å². The zero-order chi connectivity index (χ0) is 22.4. The summed E-state index contributed by atoms with van der Waals surface area (Å²) in [7, 11) is 0. The molecule has 0 amide bonds. The van der Waals surface area contributed by atoms with Crippen LogP contribution in [0.3, 0.4) is 0 Å². The van der Waals surface area contributed by atoms with Crippen molar-refractivity contribution >= 4 is 11.9 Å². The molecule has 172 valence electrons. The molecule has 0 radical (unpaired) electrons. The Bertz CT molecular complexity index is 855. The number of carbonyl (C=O) groups is 2. The second kappa shape index (κ2) is 6.60. The van der Waals surface area contributed by atoms with Crippen molar-refractivity contribution in [3.63, 3.8) is 0 Å². The third kappa shape index (κ3) is 2.72. The molecule has 4 nitrogen and oxygen atoms in total. The van der Waals surface area contributed by atoms with Crippen LogP contribution in [0.5, 0.6) is 0 Å². The summed E-state index contributed by atoms with van der Waals surface area (Å²) >= 11 is 0. The molecule has 4 aliphatic carbocycles. The zero-order valence-electron chi connectivity index (χ0n) is 20.3. The monoisotopic (exact) mass is 428 g/mol. The molecule has 1 aliphatic heterocycles. The molecule has 3 fully saturated rings. The average molecular weight is 429 g/mol. The Morgan fingerprint density at radius 1 is 0.968 bits per heavy atom. The van der Waals surface area contributed by atoms with Gasteiger partial charge in [0.25, 0.3) is 0 Å². The van der Waals surface area contributed by atoms with Gasteiger partial charge in [-0.3, -0.25) is 4.79 Å². The van der Waals surface area contributed by atoms with Gasteiger partial charge in [0, 0.05) is 17.9 Å². The van der Waals surface area contributed by atoms with Crippen molar-refractivity contribution in [3.05, 3.63) is 11.1 Å². The van der Waals surface area contributed by atoms with E-state index in [9.17, 15) is 9.59 Å². The van der Waals surface area contributed by atoms with Gasteiger partial charge in [-0.25, -0.2) is 4.79 Å². The molecular weight excluding hydrogens is 388 g/mol. The summed E-state index contributed by atoms with van der Waals surface area (Å²) in [5, 5.41) is 0. The number of hydrogen-bond acceptors (Lipinski definition) is 4. The Morgan fingerprint density at radius 2 is 1.68 bits per heavy atom. The van der Waals surface area contributed by atoms with Crippen LogP contribution in [0, 0.1) is 39.4 Å². The predicted molar refractivity (Wildman–Crippen MR) is 119 cm³/mol. The first-order chi connectivity index (χ1) is 14.4. The van der Waals surface area contributed by atoms with Gasteiger partial charge >= 0.3 is 11.9 Å². The summed E-state index contributed by atoms with van der Waals surface area (Å²) in [5.41, 5.74) is 2.35. The van der Waals surface area contributed by atoms with Gasteiger partial charge in [0.05, 0.1) is 0 Å².